The third kappa shape index (κ3) is 3.06. The van der Waals surface area contributed by atoms with E-state index in [2.05, 4.69) is 43.6 Å². The van der Waals surface area contributed by atoms with E-state index < -0.39 is 0 Å². The van der Waals surface area contributed by atoms with Crippen LogP contribution in [0.25, 0.3) is 22.2 Å². The van der Waals surface area contributed by atoms with Crippen LogP contribution in [0.15, 0.2) is 36.8 Å². The second kappa shape index (κ2) is 6.80. The van der Waals surface area contributed by atoms with Gasteiger partial charge in [0.05, 0.1) is 11.9 Å². The molecular formula is C21H22N8. The van der Waals surface area contributed by atoms with Crippen molar-refractivity contribution >= 4 is 28.2 Å². The van der Waals surface area contributed by atoms with Gasteiger partial charge < -0.3 is 11.1 Å². The largest absolute Gasteiger partial charge is 0.383 e. The molecule has 0 fully saturated rings. The van der Waals surface area contributed by atoms with Gasteiger partial charge in [-0.15, -0.1) is 5.10 Å². The molecule has 0 aromatic carbocycles. The molecule has 1 atom stereocenters. The van der Waals surface area contributed by atoms with Gasteiger partial charge in [0.1, 0.15) is 23.1 Å². The lowest BCUT2D eigenvalue weighted by Crippen LogP contribution is -2.01. The molecule has 1 aliphatic carbocycles. The van der Waals surface area contributed by atoms with Gasteiger partial charge >= 0.3 is 0 Å². The summed E-state index contributed by atoms with van der Waals surface area (Å²) in [7, 11) is 1.83. The predicted octanol–water partition coefficient (Wildman–Crippen LogP) is 3.59. The Balaban J connectivity index is 1.51. The molecule has 0 amide bonds. The predicted molar refractivity (Wildman–Crippen MR) is 113 cm³/mol. The van der Waals surface area contributed by atoms with Crippen molar-refractivity contribution in [3.05, 3.63) is 47.9 Å². The van der Waals surface area contributed by atoms with Crippen LogP contribution in [-0.4, -0.2) is 29.9 Å². The van der Waals surface area contributed by atoms with Gasteiger partial charge in [-0.2, -0.15) is 0 Å². The van der Waals surface area contributed by atoms with Crippen LogP contribution in [0.4, 0.5) is 17.5 Å². The number of nitrogens with one attached hydrogen (secondary N) is 1. The Morgan fingerprint density at radius 1 is 1.14 bits per heavy atom. The average molecular weight is 386 g/mol. The second-order valence-corrected chi connectivity index (χ2v) is 7.46. The molecule has 0 saturated carbocycles. The number of hydrogen-bond donors (Lipinski definition) is 2. The Labute approximate surface area is 168 Å². The maximum Gasteiger partial charge on any atom is 0.133 e. The van der Waals surface area contributed by atoms with Crippen molar-refractivity contribution in [2.45, 2.75) is 32.1 Å². The van der Waals surface area contributed by atoms with E-state index in [4.69, 9.17) is 5.73 Å². The molecule has 4 aromatic heterocycles. The lowest BCUT2D eigenvalue weighted by atomic mass is 10.00. The molecule has 8 heteroatoms. The van der Waals surface area contributed by atoms with Crippen LogP contribution in [0.2, 0.25) is 0 Å². The van der Waals surface area contributed by atoms with Crippen molar-refractivity contribution in [3.8, 4) is 11.4 Å². The van der Waals surface area contributed by atoms with Gasteiger partial charge in [0.15, 0.2) is 0 Å². The first-order chi connectivity index (χ1) is 14.1. The lowest BCUT2D eigenvalue weighted by Gasteiger charge is -2.12. The minimum absolute atomic E-state index is 0.430. The molecule has 4 heterocycles. The Hall–Kier alpha value is -3.55. The Morgan fingerprint density at radius 3 is 2.76 bits per heavy atom. The summed E-state index contributed by atoms with van der Waals surface area (Å²) in [5.41, 5.74) is 10.5. The molecule has 29 heavy (non-hydrogen) atoms. The van der Waals surface area contributed by atoms with E-state index in [0.29, 0.717) is 11.7 Å². The van der Waals surface area contributed by atoms with E-state index in [9.17, 15) is 0 Å². The van der Waals surface area contributed by atoms with E-state index in [1.807, 2.05) is 25.4 Å². The summed E-state index contributed by atoms with van der Waals surface area (Å²) < 4.78 is 1.67. The fourth-order valence-electron chi connectivity index (χ4n) is 4.09. The third-order valence-corrected chi connectivity index (χ3v) is 5.70. The van der Waals surface area contributed by atoms with E-state index in [1.165, 1.54) is 17.5 Å². The quantitative estimate of drug-likeness (QED) is 0.552. The van der Waals surface area contributed by atoms with Crippen LogP contribution >= 0.6 is 0 Å². The summed E-state index contributed by atoms with van der Waals surface area (Å²) in [4.78, 5) is 13.6. The molecule has 0 saturated heterocycles. The molecule has 5 rings (SSSR count). The van der Waals surface area contributed by atoms with Crippen molar-refractivity contribution in [2.75, 3.05) is 11.1 Å². The SMILES string of the molecule is CC[C@@H]1CCc2cnc(Nc3cc4cc(-c5cnnn5C)nc(N)c4cn3)cc21. The molecule has 8 nitrogen and oxygen atoms in total. The lowest BCUT2D eigenvalue weighted by molar-refractivity contribution is 0.656. The first-order valence-corrected chi connectivity index (χ1v) is 9.79. The van der Waals surface area contributed by atoms with Gasteiger partial charge in [-0.25, -0.2) is 19.6 Å². The van der Waals surface area contributed by atoms with E-state index >= 15 is 0 Å². The maximum atomic E-state index is 6.17. The van der Waals surface area contributed by atoms with Crippen molar-refractivity contribution in [1.29, 1.82) is 0 Å². The molecule has 0 unspecified atom stereocenters. The summed E-state index contributed by atoms with van der Waals surface area (Å²) in [5.74, 6) is 2.59. The van der Waals surface area contributed by atoms with Crippen molar-refractivity contribution < 1.29 is 0 Å². The third-order valence-electron chi connectivity index (χ3n) is 5.70. The molecule has 0 spiro atoms. The van der Waals surface area contributed by atoms with E-state index in [1.54, 1.807) is 17.1 Å². The van der Waals surface area contributed by atoms with Gasteiger partial charge in [0.2, 0.25) is 0 Å². The fourth-order valence-corrected chi connectivity index (χ4v) is 4.09. The Morgan fingerprint density at radius 2 is 1.97 bits per heavy atom. The molecule has 0 bridgehead atoms. The van der Waals surface area contributed by atoms with Crippen LogP contribution < -0.4 is 11.1 Å². The number of anilines is 3. The first-order valence-electron chi connectivity index (χ1n) is 9.79. The standard InChI is InChI=1S/C21H22N8/c1-3-12-4-5-13-9-23-20(8-15(12)13)27-19-7-14-6-17(18-11-25-28-29(18)2)26-21(22)16(14)10-24-19/h6-12H,3-5H2,1-2H3,(H2,22,26)(H,23,24,27)/t12-/m1/s1. The zero-order valence-corrected chi connectivity index (χ0v) is 16.4. The smallest absolute Gasteiger partial charge is 0.133 e. The van der Waals surface area contributed by atoms with Gasteiger partial charge in [0, 0.05) is 24.8 Å². The minimum Gasteiger partial charge on any atom is -0.383 e. The van der Waals surface area contributed by atoms with Gasteiger partial charge in [-0.05, 0) is 59.9 Å². The van der Waals surface area contributed by atoms with Crippen LogP contribution in [0.3, 0.4) is 0 Å². The topological polar surface area (TPSA) is 107 Å². The number of fused-ring (bicyclic) bond motifs is 2. The summed E-state index contributed by atoms with van der Waals surface area (Å²) in [6.07, 6.45) is 8.89. The number of rotatable bonds is 4. The van der Waals surface area contributed by atoms with Crippen LogP contribution in [0.5, 0.6) is 0 Å². The maximum absolute atomic E-state index is 6.17. The zero-order valence-electron chi connectivity index (χ0n) is 16.4. The highest BCUT2D eigenvalue weighted by Gasteiger charge is 2.21. The molecule has 0 radical (unpaired) electrons. The first kappa shape index (κ1) is 17.5. The monoisotopic (exact) mass is 386 g/mol. The highest BCUT2D eigenvalue weighted by molar-refractivity contribution is 5.94. The fraction of sp³-hybridized carbons (Fsp3) is 0.286. The summed E-state index contributed by atoms with van der Waals surface area (Å²) in [6, 6.07) is 6.10. The highest BCUT2D eigenvalue weighted by atomic mass is 15.4. The normalized spacial score (nSPS) is 15.6. The molecule has 1 aliphatic rings. The molecule has 4 aromatic rings. The number of aromatic nitrogens is 6. The second-order valence-electron chi connectivity index (χ2n) is 7.46. The number of nitrogen functional groups attached to an aromatic ring is 1. The number of hydrogen-bond acceptors (Lipinski definition) is 7. The molecule has 3 N–H and O–H groups in total. The summed E-state index contributed by atoms with van der Waals surface area (Å²) in [5, 5.41) is 13.0. The highest BCUT2D eigenvalue weighted by Crippen LogP contribution is 2.36. The van der Waals surface area contributed by atoms with Gasteiger partial charge in [0.25, 0.3) is 0 Å². The van der Waals surface area contributed by atoms with Gasteiger partial charge in [-0.3, -0.25) is 0 Å². The molecule has 0 aliphatic heterocycles. The molecular weight excluding hydrogens is 364 g/mol. The zero-order chi connectivity index (χ0) is 20.0. The Bertz CT molecular complexity index is 1210. The number of aryl methyl sites for hydroxylation is 2. The summed E-state index contributed by atoms with van der Waals surface area (Å²) in [6.45, 7) is 2.24. The summed E-state index contributed by atoms with van der Waals surface area (Å²) >= 11 is 0. The van der Waals surface area contributed by atoms with Crippen molar-refractivity contribution in [3.63, 3.8) is 0 Å². The van der Waals surface area contributed by atoms with E-state index in [-0.39, 0.29) is 0 Å². The molecule has 146 valence electrons. The number of pyridine rings is 3. The van der Waals surface area contributed by atoms with Crippen LogP contribution in [0, 0.1) is 0 Å². The average Bonchev–Trinajstić information content (AvgIpc) is 3.33. The number of nitrogens with two attached hydrogens (primary N) is 1. The minimum atomic E-state index is 0.430. The van der Waals surface area contributed by atoms with Crippen molar-refractivity contribution in [2.24, 2.45) is 7.05 Å². The van der Waals surface area contributed by atoms with E-state index in [0.717, 1.165) is 46.6 Å². The van der Waals surface area contributed by atoms with Crippen LogP contribution in [-0.2, 0) is 13.5 Å². The van der Waals surface area contributed by atoms with Gasteiger partial charge in [-0.1, -0.05) is 12.1 Å². The van der Waals surface area contributed by atoms with Crippen LogP contribution in [0.1, 0.15) is 36.8 Å². The van der Waals surface area contributed by atoms with Crippen molar-refractivity contribution in [1.82, 2.24) is 29.9 Å². The Kier molecular flexibility index (Phi) is 4.12. The number of nitrogens with zero attached hydrogens (tertiary/aromatic N) is 6.